The predicted molar refractivity (Wildman–Crippen MR) is 82.4 cm³/mol. The van der Waals surface area contributed by atoms with Gasteiger partial charge < -0.3 is 5.32 Å². The topological polar surface area (TPSA) is 15.3 Å². The Morgan fingerprint density at radius 2 is 2.06 bits per heavy atom. The van der Waals surface area contributed by atoms with E-state index in [1.165, 1.54) is 50.9 Å². The molecule has 3 unspecified atom stereocenters. The predicted octanol–water partition coefficient (Wildman–Crippen LogP) is 3.12. The summed E-state index contributed by atoms with van der Waals surface area (Å²) in [5, 5.41) is 4.52. The second-order valence-electron chi connectivity index (χ2n) is 6.22. The third-order valence-electron chi connectivity index (χ3n) is 4.50. The van der Waals surface area contributed by atoms with Crippen LogP contribution >= 0.6 is 11.8 Å². The van der Waals surface area contributed by atoms with E-state index in [0.717, 1.165) is 17.3 Å². The third-order valence-corrected chi connectivity index (χ3v) is 5.86. The first-order chi connectivity index (χ1) is 8.68. The Kier molecular flexibility index (Phi) is 5.84. The standard InChI is InChI=1S/C15H30N2S/c1-12(2)17(11-14-7-4-5-9-16-14)15-8-6-10-18-13(15)3/h12-16H,4-11H2,1-3H3. The molecule has 2 saturated heterocycles. The van der Waals surface area contributed by atoms with E-state index >= 15 is 0 Å². The summed E-state index contributed by atoms with van der Waals surface area (Å²) in [6.07, 6.45) is 6.96. The van der Waals surface area contributed by atoms with Gasteiger partial charge in [-0.2, -0.15) is 11.8 Å². The molecule has 2 fully saturated rings. The summed E-state index contributed by atoms with van der Waals surface area (Å²) in [4.78, 5) is 2.78. The van der Waals surface area contributed by atoms with Crippen molar-refractivity contribution in [3.05, 3.63) is 0 Å². The Balaban J connectivity index is 1.93. The van der Waals surface area contributed by atoms with Crippen LogP contribution in [0.2, 0.25) is 0 Å². The van der Waals surface area contributed by atoms with E-state index in [4.69, 9.17) is 0 Å². The Labute approximate surface area is 117 Å². The summed E-state index contributed by atoms with van der Waals surface area (Å²) < 4.78 is 0. The monoisotopic (exact) mass is 270 g/mol. The van der Waals surface area contributed by atoms with E-state index in [0.29, 0.717) is 6.04 Å². The van der Waals surface area contributed by atoms with Gasteiger partial charge in [-0.25, -0.2) is 0 Å². The summed E-state index contributed by atoms with van der Waals surface area (Å²) in [6.45, 7) is 9.65. The number of rotatable bonds is 4. The minimum absolute atomic E-state index is 0.680. The molecule has 2 aliphatic heterocycles. The zero-order valence-corrected chi connectivity index (χ0v) is 13.1. The lowest BCUT2D eigenvalue weighted by Gasteiger charge is -2.43. The molecule has 3 atom stereocenters. The second kappa shape index (κ2) is 7.16. The highest BCUT2D eigenvalue weighted by Crippen LogP contribution is 2.30. The molecule has 2 rings (SSSR count). The molecule has 0 aromatic rings. The van der Waals surface area contributed by atoms with Gasteiger partial charge in [-0.3, -0.25) is 4.90 Å². The second-order valence-corrected chi connectivity index (χ2v) is 7.71. The van der Waals surface area contributed by atoms with Gasteiger partial charge in [0, 0.05) is 29.9 Å². The quantitative estimate of drug-likeness (QED) is 0.845. The average molecular weight is 270 g/mol. The normalized spacial score (nSPS) is 34.2. The van der Waals surface area contributed by atoms with Crippen LogP contribution < -0.4 is 5.32 Å². The zero-order valence-electron chi connectivity index (χ0n) is 12.3. The van der Waals surface area contributed by atoms with Crippen LogP contribution in [0.3, 0.4) is 0 Å². The van der Waals surface area contributed by atoms with Crippen molar-refractivity contribution in [2.75, 3.05) is 18.8 Å². The van der Waals surface area contributed by atoms with Gasteiger partial charge in [-0.05, 0) is 51.8 Å². The summed E-state index contributed by atoms with van der Waals surface area (Å²) in [7, 11) is 0. The van der Waals surface area contributed by atoms with Crippen molar-refractivity contribution in [3.8, 4) is 0 Å². The maximum absolute atomic E-state index is 3.71. The maximum atomic E-state index is 3.71. The number of hydrogen-bond acceptors (Lipinski definition) is 3. The molecule has 0 amide bonds. The van der Waals surface area contributed by atoms with Crippen LogP contribution in [0.1, 0.15) is 52.9 Å². The molecule has 0 aromatic heterocycles. The van der Waals surface area contributed by atoms with Gasteiger partial charge >= 0.3 is 0 Å². The van der Waals surface area contributed by atoms with Crippen molar-refractivity contribution in [1.82, 2.24) is 10.2 Å². The molecule has 0 aromatic carbocycles. The fraction of sp³-hybridized carbons (Fsp3) is 1.00. The Morgan fingerprint density at radius 1 is 1.22 bits per heavy atom. The number of nitrogens with zero attached hydrogens (tertiary/aromatic N) is 1. The highest BCUT2D eigenvalue weighted by Gasteiger charge is 2.30. The fourth-order valence-electron chi connectivity index (χ4n) is 3.41. The molecule has 18 heavy (non-hydrogen) atoms. The minimum atomic E-state index is 0.680. The molecule has 0 saturated carbocycles. The molecule has 2 nitrogen and oxygen atoms in total. The smallest absolute Gasteiger partial charge is 0.0215 e. The number of thioether (sulfide) groups is 1. The molecule has 106 valence electrons. The largest absolute Gasteiger partial charge is 0.313 e. The third kappa shape index (κ3) is 3.88. The molecule has 0 spiro atoms. The van der Waals surface area contributed by atoms with Gasteiger partial charge in [0.1, 0.15) is 0 Å². The van der Waals surface area contributed by atoms with Crippen molar-refractivity contribution < 1.29 is 0 Å². The lowest BCUT2D eigenvalue weighted by Crippen LogP contribution is -2.53. The molecule has 0 radical (unpaired) electrons. The molecule has 2 heterocycles. The number of hydrogen-bond donors (Lipinski definition) is 1. The zero-order chi connectivity index (χ0) is 13.0. The van der Waals surface area contributed by atoms with Crippen molar-refractivity contribution >= 4 is 11.8 Å². The van der Waals surface area contributed by atoms with Gasteiger partial charge in [0.25, 0.3) is 0 Å². The van der Waals surface area contributed by atoms with Gasteiger partial charge in [0.15, 0.2) is 0 Å². The van der Waals surface area contributed by atoms with Gasteiger partial charge in [-0.1, -0.05) is 13.3 Å². The summed E-state index contributed by atoms with van der Waals surface area (Å²) >= 11 is 2.17. The summed E-state index contributed by atoms with van der Waals surface area (Å²) in [6, 6.07) is 2.22. The molecule has 1 N–H and O–H groups in total. The fourth-order valence-corrected chi connectivity index (χ4v) is 4.63. The highest BCUT2D eigenvalue weighted by molar-refractivity contribution is 7.99. The maximum Gasteiger partial charge on any atom is 0.0215 e. The molecule has 0 bridgehead atoms. The minimum Gasteiger partial charge on any atom is -0.313 e. The lowest BCUT2D eigenvalue weighted by molar-refractivity contribution is 0.119. The van der Waals surface area contributed by atoms with Crippen LogP contribution in [0, 0.1) is 0 Å². The van der Waals surface area contributed by atoms with Gasteiger partial charge in [-0.15, -0.1) is 0 Å². The van der Waals surface area contributed by atoms with Crippen molar-refractivity contribution in [2.45, 2.75) is 76.3 Å². The number of piperidine rings is 1. The van der Waals surface area contributed by atoms with E-state index in [-0.39, 0.29) is 0 Å². The summed E-state index contributed by atoms with van der Waals surface area (Å²) in [5.41, 5.74) is 0. The van der Waals surface area contributed by atoms with E-state index in [2.05, 4.69) is 42.7 Å². The van der Waals surface area contributed by atoms with Crippen LogP contribution in [-0.4, -0.2) is 47.1 Å². The first kappa shape index (κ1) is 14.7. The van der Waals surface area contributed by atoms with Crippen molar-refractivity contribution in [1.29, 1.82) is 0 Å². The van der Waals surface area contributed by atoms with Crippen LogP contribution in [-0.2, 0) is 0 Å². The molecule has 2 aliphatic rings. The molecular formula is C15H30N2S. The van der Waals surface area contributed by atoms with E-state index in [9.17, 15) is 0 Å². The van der Waals surface area contributed by atoms with Crippen LogP contribution in [0.5, 0.6) is 0 Å². The Morgan fingerprint density at radius 3 is 2.67 bits per heavy atom. The first-order valence-electron chi connectivity index (χ1n) is 7.79. The summed E-state index contributed by atoms with van der Waals surface area (Å²) in [5.74, 6) is 1.37. The highest BCUT2D eigenvalue weighted by atomic mass is 32.2. The van der Waals surface area contributed by atoms with Crippen LogP contribution in [0.15, 0.2) is 0 Å². The van der Waals surface area contributed by atoms with Crippen molar-refractivity contribution in [3.63, 3.8) is 0 Å². The van der Waals surface area contributed by atoms with Crippen LogP contribution in [0.25, 0.3) is 0 Å². The van der Waals surface area contributed by atoms with E-state index < -0.39 is 0 Å². The Bertz CT molecular complexity index is 239. The van der Waals surface area contributed by atoms with Gasteiger partial charge in [0.2, 0.25) is 0 Å². The molecule has 3 heteroatoms. The Hall–Kier alpha value is 0.270. The average Bonchev–Trinajstić information content (AvgIpc) is 2.38. The number of nitrogens with one attached hydrogen (secondary N) is 1. The van der Waals surface area contributed by atoms with Gasteiger partial charge in [0.05, 0.1) is 0 Å². The van der Waals surface area contributed by atoms with Crippen molar-refractivity contribution in [2.24, 2.45) is 0 Å². The van der Waals surface area contributed by atoms with Crippen LogP contribution in [0.4, 0.5) is 0 Å². The first-order valence-corrected chi connectivity index (χ1v) is 8.84. The molecular weight excluding hydrogens is 240 g/mol. The lowest BCUT2D eigenvalue weighted by atomic mass is 10.00. The van der Waals surface area contributed by atoms with E-state index in [1.807, 2.05) is 0 Å². The molecule has 0 aliphatic carbocycles. The van der Waals surface area contributed by atoms with E-state index in [1.54, 1.807) is 0 Å². The SMILES string of the molecule is CC1SCCCC1N(CC1CCCCN1)C(C)C.